The Morgan fingerprint density at radius 3 is 2.72 bits per heavy atom. The van der Waals surface area contributed by atoms with Gasteiger partial charge in [-0.1, -0.05) is 31.2 Å². The van der Waals surface area contributed by atoms with Gasteiger partial charge in [0, 0.05) is 45.6 Å². The van der Waals surface area contributed by atoms with Gasteiger partial charge in [-0.2, -0.15) is 5.10 Å². The topological polar surface area (TPSA) is 45.5 Å². The van der Waals surface area contributed by atoms with E-state index in [1.54, 1.807) is 0 Å². The van der Waals surface area contributed by atoms with Gasteiger partial charge >= 0.3 is 0 Å². The summed E-state index contributed by atoms with van der Waals surface area (Å²) in [7, 11) is 2.09. The molecule has 0 saturated carbocycles. The quantitative estimate of drug-likeness (QED) is 0.395. The van der Waals surface area contributed by atoms with Crippen molar-refractivity contribution in [1.82, 2.24) is 20.0 Å². The maximum absolute atomic E-state index is 4.81. The van der Waals surface area contributed by atoms with E-state index in [1.165, 1.54) is 11.1 Å². The van der Waals surface area contributed by atoms with Crippen LogP contribution in [0.1, 0.15) is 25.0 Å². The van der Waals surface area contributed by atoms with Gasteiger partial charge < -0.3 is 10.2 Å². The highest BCUT2D eigenvalue weighted by molar-refractivity contribution is 14.0. The monoisotopic (exact) mass is 455 g/mol. The Kier molecular flexibility index (Phi) is 9.55. The van der Waals surface area contributed by atoms with Crippen molar-refractivity contribution in [3.05, 3.63) is 53.9 Å². The summed E-state index contributed by atoms with van der Waals surface area (Å²) < 4.78 is 1.96. The van der Waals surface area contributed by atoms with Gasteiger partial charge in [-0.05, 0) is 37.0 Å². The van der Waals surface area contributed by atoms with E-state index in [0.29, 0.717) is 5.92 Å². The number of hydrogen-bond acceptors (Lipinski definition) is 2. The van der Waals surface area contributed by atoms with E-state index in [2.05, 4.69) is 67.4 Å². The molecule has 1 unspecified atom stereocenters. The third-order valence-electron chi connectivity index (χ3n) is 3.98. The SMILES string of the molecule is CCNC(=NCC(C)Cn1cccn1)N(C)Cc1ccccc1C.I. The van der Waals surface area contributed by atoms with Crippen molar-refractivity contribution in [2.24, 2.45) is 10.9 Å². The van der Waals surface area contributed by atoms with Gasteiger partial charge in [0.1, 0.15) is 0 Å². The van der Waals surface area contributed by atoms with E-state index in [-0.39, 0.29) is 24.0 Å². The molecule has 0 aliphatic heterocycles. The number of aromatic nitrogens is 2. The van der Waals surface area contributed by atoms with Crippen LogP contribution >= 0.6 is 24.0 Å². The first-order valence-corrected chi connectivity index (χ1v) is 8.61. The van der Waals surface area contributed by atoms with Gasteiger partial charge in [-0.25, -0.2) is 0 Å². The lowest BCUT2D eigenvalue weighted by molar-refractivity contribution is 0.444. The second-order valence-corrected chi connectivity index (χ2v) is 6.31. The van der Waals surface area contributed by atoms with Crippen molar-refractivity contribution in [1.29, 1.82) is 0 Å². The van der Waals surface area contributed by atoms with Crippen LogP contribution in [0.15, 0.2) is 47.7 Å². The zero-order valence-corrected chi connectivity index (χ0v) is 18.0. The van der Waals surface area contributed by atoms with E-state index in [1.807, 2.05) is 23.1 Å². The number of rotatable bonds is 7. The summed E-state index contributed by atoms with van der Waals surface area (Å²) in [6.07, 6.45) is 3.81. The molecule has 0 radical (unpaired) electrons. The van der Waals surface area contributed by atoms with Crippen molar-refractivity contribution < 1.29 is 0 Å². The number of halogens is 1. The summed E-state index contributed by atoms with van der Waals surface area (Å²) in [5.74, 6) is 1.39. The van der Waals surface area contributed by atoms with Crippen molar-refractivity contribution in [2.75, 3.05) is 20.1 Å². The van der Waals surface area contributed by atoms with E-state index in [4.69, 9.17) is 4.99 Å². The minimum absolute atomic E-state index is 0. The van der Waals surface area contributed by atoms with E-state index < -0.39 is 0 Å². The minimum atomic E-state index is 0. The molecule has 6 heteroatoms. The first kappa shape index (κ1) is 21.5. The molecule has 1 heterocycles. The molecular formula is C19H30IN5. The maximum Gasteiger partial charge on any atom is 0.193 e. The third kappa shape index (κ3) is 7.05. The molecule has 5 nitrogen and oxygen atoms in total. The highest BCUT2D eigenvalue weighted by Crippen LogP contribution is 2.10. The fourth-order valence-electron chi connectivity index (χ4n) is 2.62. The van der Waals surface area contributed by atoms with E-state index >= 15 is 0 Å². The van der Waals surface area contributed by atoms with Crippen molar-refractivity contribution >= 4 is 29.9 Å². The molecule has 25 heavy (non-hydrogen) atoms. The summed E-state index contributed by atoms with van der Waals surface area (Å²) in [6.45, 7) is 9.84. The van der Waals surface area contributed by atoms with Crippen LogP contribution in [0.2, 0.25) is 0 Å². The summed E-state index contributed by atoms with van der Waals surface area (Å²) in [5, 5.41) is 7.65. The average molecular weight is 455 g/mol. The maximum atomic E-state index is 4.81. The van der Waals surface area contributed by atoms with Crippen LogP contribution in [0, 0.1) is 12.8 Å². The minimum Gasteiger partial charge on any atom is -0.357 e. The molecule has 1 aromatic heterocycles. The van der Waals surface area contributed by atoms with Crippen LogP contribution in [0.25, 0.3) is 0 Å². The third-order valence-corrected chi connectivity index (χ3v) is 3.98. The molecule has 0 spiro atoms. The Balaban J connectivity index is 0.00000312. The summed E-state index contributed by atoms with van der Waals surface area (Å²) in [4.78, 5) is 7.00. The molecule has 2 aromatic rings. The lowest BCUT2D eigenvalue weighted by Crippen LogP contribution is -2.39. The number of nitrogens with one attached hydrogen (secondary N) is 1. The predicted molar refractivity (Wildman–Crippen MR) is 115 cm³/mol. The van der Waals surface area contributed by atoms with Gasteiger partial charge in [0.15, 0.2) is 5.96 Å². The number of guanidine groups is 1. The first-order chi connectivity index (χ1) is 11.6. The highest BCUT2D eigenvalue weighted by Gasteiger charge is 2.09. The molecule has 2 rings (SSSR count). The van der Waals surface area contributed by atoms with Crippen LogP contribution < -0.4 is 5.32 Å². The zero-order valence-electron chi connectivity index (χ0n) is 15.6. The van der Waals surface area contributed by atoms with Crippen LogP contribution in [0.3, 0.4) is 0 Å². The smallest absolute Gasteiger partial charge is 0.193 e. The van der Waals surface area contributed by atoms with Gasteiger partial charge in [0.2, 0.25) is 0 Å². The fourth-order valence-corrected chi connectivity index (χ4v) is 2.62. The normalized spacial score (nSPS) is 12.4. The van der Waals surface area contributed by atoms with E-state index in [9.17, 15) is 0 Å². The van der Waals surface area contributed by atoms with Crippen molar-refractivity contribution in [2.45, 2.75) is 33.9 Å². The summed E-state index contributed by atoms with van der Waals surface area (Å²) in [6, 6.07) is 10.5. The standard InChI is InChI=1S/C19H29N5.HI/c1-5-20-19(21-13-16(2)14-24-12-8-11-22-24)23(4)15-18-10-7-6-9-17(18)3;/h6-12,16H,5,13-15H2,1-4H3,(H,20,21);1H. The Labute approximate surface area is 168 Å². The number of nitrogens with zero attached hydrogens (tertiary/aromatic N) is 4. The molecule has 0 fully saturated rings. The molecule has 0 aliphatic carbocycles. The van der Waals surface area contributed by atoms with Crippen molar-refractivity contribution in [3.63, 3.8) is 0 Å². The second-order valence-electron chi connectivity index (χ2n) is 6.31. The summed E-state index contributed by atoms with van der Waals surface area (Å²) in [5.41, 5.74) is 2.64. The molecule has 0 aliphatic rings. The number of benzene rings is 1. The van der Waals surface area contributed by atoms with Crippen LogP contribution in [0.5, 0.6) is 0 Å². The van der Waals surface area contributed by atoms with Crippen LogP contribution in [-0.2, 0) is 13.1 Å². The Hall–Kier alpha value is -1.57. The zero-order chi connectivity index (χ0) is 17.4. The number of aliphatic imine (C=N–C) groups is 1. The molecule has 0 saturated heterocycles. The van der Waals surface area contributed by atoms with Crippen molar-refractivity contribution in [3.8, 4) is 0 Å². The lowest BCUT2D eigenvalue weighted by Gasteiger charge is -2.23. The lowest BCUT2D eigenvalue weighted by atomic mass is 10.1. The predicted octanol–water partition coefficient (Wildman–Crippen LogP) is 3.54. The average Bonchev–Trinajstić information content (AvgIpc) is 3.06. The van der Waals surface area contributed by atoms with Gasteiger partial charge in [0.25, 0.3) is 0 Å². The Morgan fingerprint density at radius 1 is 1.32 bits per heavy atom. The molecule has 0 amide bonds. The molecule has 1 atom stereocenters. The highest BCUT2D eigenvalue weighted by atomic mass is 127. The van der Waals surface area contributed by atoms with Gasteiger partial charge in [-0.15, -0.1) is 24.0 Å². The van der Waals surface area contributed by atoms with Crippen LogP contribution in [0.4, 0.5) is 0 Å². The van der Waals surface area contributed by atoms with Gasteiger partial charge in [-0.3, -0.25) is 9.67 Å². The molecule has 1 aromatic carbocycles. The molecule has 0 bridgehead atoms. The molecular weight excluding hydrogens is 425 g/mol. The van der Waals surface area contributed by atoms with Gasteiger partial charge in [0.05, 0.1) is 0 Å². The first-order valence-electron chi connectivity index (χ1n) is 8.61. The number of aryl methyl sites for hydroxylation is 1. The largest absolute Gasteiger partial charge is 0.357 e. The molecule has 138 valence electrons. The van der Waals surface area contributed by atoms with Crippen LogP contribution in [-0.4, -0.2) is 40.8 Å². The molecule has 1 N–H and O–H groups in total. The number of hydrogen-bond donors (Lipinski definition) is 1. The van der Waals surface area contributed by atoms with E-state index in [0.717, 1.165) is 32.1 Å². The fraction of sp³-hybridized carbons (Fsp3) is 0.474. The summed E-state index contributed by atoms with van der Waals surface area (Å²) >= 11 is 0. The Bertz CT molecular complexity index is 639. The second kappa shape index (κ2) is 11.1. The Morgan fingerprint density at radius 2 is 2.08 bits per heavy atom.